The summed E-state index contributed by atoms with van der Waals surface area (Å²) < 4.78 is 10.3. The van der Waals surface area contributed by atoms with E-state index in [1.165, 1.54) is 0 Å². The number of ether oxygens (including phenoxy) is 2. The first kappa shape index (κ1) is 15.9. The fraction of sp³-hybridized carbons (Fsp3) is 0.562. The van der Waals surface area contributed by atoms with Crippen LogP contribution in [0.25, 0.3) is 0 Å². The first-order valence-electron chi connectivity index (χ1n) is 7.44. The van der Waals surface area contributed by atoms with Gasteiger partial charge >= 0.3 is 0 Å². The molecule has 0 spiro atoms. The van der Waals surface area contributed by atoms with Crippen LogP contribution in [-0.4, -0.2) is 29.6 Å². The molecule has 1 aliphatic carbocycles. The van der Waals surface area contributed by atoms with E-state index in [2.05, 4.69) is 5.32 Å². The molecule has 1 saturated carbocycles. The van der Waals surface area contributed by atoms with Gasteiger partial charge in [0.05, 0.1) is 11.5 Å². The van der Waals surface area contributed by atoms with Crippen LogP contribution in [0.1, 0.15) is 26.2 Å². The highest BCUT2D eigenvalue weighted by Crippen LogP contribution is 2.64. The van der Waals surface area contributed by atoms with Crippen LogP contribution < -0.4 is 10.1 Å². The fourth-order valence-electron chi connectivity index (χ4n) is 2.54. The highest BCUT2D eigenvalue weighted by atomic mass is 35.5. The molecular weight excluding hydrogens is 325 g/mol. The van der Waals surface area contributed by atoms with Crippen molar-refractivity contribution in [2.45, 2.75) is 36.6 Å². The molecule has 1 aromatic carbocycles. The summed E-state index contributed by atoms with van der Waals surface area (Å²) in [4.78, 5) is 12.2. The summed E-state index contributed by atoms with van der Waals surface area (Å²) in [5, 5.41) is 2.85. The summed E-state index contributed by atoms with van der Waals surface area (Å²) in [5.41, 5.74) is -0.0582. The van der Waals surface area contributed by atoms with Gasteiger partial charge in [-0.3, -0.25) is 4.79 Å². The number of hydrogen-bond acceptors (Lipinski definition) is 3. The molecule has 6 heteroatoms. The number of rotatable bonds is 5. The zero-order valence-electron chi connectivity index (χ0n) is 12.4. The molecule has 1 saturated heterocycles. The Morgan fingerprint density at radius 3 is 2.91 bits per heavy atom. The van der Waals surface area contributed by atoms with Gasteiger partial charge in [-0.05, 0) is 38.3 Å². The van der Waals surface area contributed by atoms with E-state index in [1.54, 1.807) is 13.0 Å². The van der Waals surface area contributed by atoms with Crippen molar-refractivity contribution in [1.82, 2.24) is 0 Å². The standard InChI is InChI=1S/C16H19Cl2NO3/c1-15(10-16(15,17)18)14(20)19-11-4-2-5-12(8-11)22-9-13-6-3-7-21-13/h2,4-5,8,13H,3,6-7,9-10H2,1H3,(H,19,20). The summed E-state index contributed by atoms with van der Waals surface area (Å²) in [6, 6.07) is 7.30. The van der Waals surface area contributed by atoms with Gasteiger partial charge in [-0.25, -0.2) is 0 Å². The van der Waals surface area contributed by atoms with Gasteiger partial charge < -0.3 is 14.8 Å². The zero-order chi connectivity index (χ0) is 15.8. The molecule has 2 atom stereocenters. The third-order valence-electron chi connectivity index (χ3n) is 4.31. The Balaban J connectivity index is 1.58. The van der Waals surface area contributed by atoms with E-state index in [4.69, 9.17) is 32.7 Å². The average molecular weight is 344 g/mol. The minimum atomic E-state index is -0.967. The normalized spacial score (nSPS) is 29.1. The topological polar surface area (TPSA) is 47.6 Å². The smallest absolute Gasteiger partial charge is 0.233 e. The van der Waals surface area contributed by atoms with Crippen molar-refractivity contribution in [2.75, 3.05) is 18.5 Å². The molecule has 1 aliphatic heterocycles. The van der Waals surface area contributed by atoms with Crippen molar-refractivity contribution in [3.63, 3.8) is 0 Å². The molecule has 22 heavy (non-hydrogen) atoms. The van der Waals surface area contributed by atoms with E-state index in [0.717, 1.165) is 19.4 Å². The zero-order valence-corrected chi connectivity index (χ0v) is 13.9. The average Bonchev–Trinajstić information content (AvgIpc) is 2.83. The molecule has 120 valence electrons. The van der Waals surface area contributed by atoms with Crippen LogP contribution >= 0.6 is 23.2 Å². The molecule has 0 radical (unpaired) electrons. The predicted molar refractivity (Wildman–Crippen MR) is 86.7 cm³/mol. The molecule has 4 nitrogen and oxygen atoms in total. The van der Waals surface area contributed by atoms with Crippen LogP contribution in [0.5, 0.6) is 5.75 Å². The van der Waals surface area contributed by atoms with E-state index in [-0.39, 0.29) is 12.0 Å². The predicted octanol–water partition coefficient (Wildman–Crippen LogP) is 3.77. The lowest BCUT2D eigenvalue weighted by atomic mass is 10.1. The van der Waals surface area contributed by atoms with Gasteiger partial charge in [-0.2, -0.15) is 0 Å². The van der Waals surface area contributed by atoms with E-state index in [0.29, 0.717) is 24.5 Å². The van der Waals surface area contributed by atoms with Crippen LogP contribution in [0.15, 0.2) is 24.3 Å². The lowest BCUT2D eigenvalue weighted by Crippen LogP contribution is -2.25. The number of alkyl halides is 2. The SMILES string of the molecule is CC1(C(=O)Nc2cccc(OCC3CCCO3)c2)CC1(Cl)Cl. The second-order valence-electron chi connectivity index (χ2n) is 6.14. The van der Waals surface area contributed by atoms with Crippen LogP contribution in [0.3, 0.4) is 0 Å². The molecular formula is C16H19Cl2NO3. The summed E-state index contributed by atoms with van der Waals surface area (Å²) in [5.74, 6) is 0.533. The molecule has 1 N–H and O–H groups in total. The summed E-state index contributed by atoms with van der Waals surface area (Å²) in [6.07, 6.45) is 2.74. The Bertz CT molecular complexity index is 572. The molecule has 0 aromatic heterocycles. The van der Waals surface area contributed by atoms with Gasteiger partial charge in [0, 0.05) is 18.4 Å². The van der Waals surface area contributed by atoms with Crippen LogP contribution in [-0.2, 0) is 9.53 Å². The maximum atomic E-state index is 12.2. The second kappa shape index (κ2) is 5.91. The molecule has 3 rings (SSSR count). The lowest BCUT2D eigenvalue weighted by molar-refractivity contribution is -0.120. The molecule has 2 aliphatic rings. The van der Waals surface area contributed by atoms with E-state index < -0.39 is 9.75 Å². The number of nitrogens with one attached hydrogen (secondary N) is 1. The third-order valence-corrected chi connectivity index (χ3v) is 5.41. The van der Waals surface area contributed by atoms with Crippen molar-refractivity contribution in [3.05, 3.63) is 24.3 Å². The number of amides is 1. The van der Waals surface area contributed by atoms with Crippen molar-refractivity contribution in [3.8, 4) is 5.75 Å². The van der Waals surface area contributed by atoms with Crippen LogP contribution in [0.4, 0.5) is 5.69 Å². The molecule has 1 amide bonds. The number of carbonyl (C=O) groups is 1. The van der Waals surface area contributed by atoms with Crippen molar-refractivity contribution in [1.29, 1.82) is 0 Å². The highest BCUT2D eigenvalue weighted by Gasteiger charge is 2.67. The largest absolute Gasteiger partial charge is 0.491 e. The van der Waals surface area contributed by atoms with Crippen molar-refractivity contribution < 1.29 is 14.3 Å². The van der Waals surface area contributed by atoms with Gasteiger partial charge in [0.1, 0.15) is 16.7 Å². The maximum absolute atomic E-state index is 12.2. The lowest BCUT2D eigenvalue weighted by Gasteiger charge is -2.14. The Morgan fingerprint density at radius 1 is 1.50 bits per heavy atom. The number of anilines is 1. The molecule has 2 fully saturated rings. The summed E-state index contributed by atoms with van der Waals surface area (Å²) in [7, 11) is 0. The Kier molecular flexibility index (Phi) is 4.27. The van der Waals surface area contributed by atoms with E-state index in [9.17, 15) is 4.79 Å². The first-order valence-corrected chi connectivity index (χ1v) is 8.20. The number of halogens is 2. The second-order valence-corrected chi connectivity index (χ2v) is 7.63. The van der Waals surface area contributed by atoms with Gasteiger partial charge in [0.25, 0.3) is 0 Å². The number of hydrogen-bond donors (Lipinski definition) is 1. The van der Waals surface area contributed by atoms with Crippen molar-refractivity contribution >= 4 is 34.8 Å². The van der Waals surface area contributed by atoms with Crippen LogP contribution in [0.2, 0.25) is 0 Å². The Morgan fingerprint density at radius 2 is 2.27 bits per heavy atom. The van der Waals surface area contributed by atoms with E-state index in [1.807, 2.05) is 18.2 Å². The van der Waals surface area contributed by atoms with Gasteiger partial charge in [0.2, 0.25) is 5.91 Å². The highest BCUT2D eigenvalue weighted by molar-refractivity contribution is 6.53. The van der Waals surface area contributed by atoms with Gasteiger partial charge in [0.15, 0.2) is 0 Å². The third kappa shape index (κ3) is 3.19. The molecule has 1 heterocycles. The molecule has 1 aromatic rings. The van der Waals surface area contributed by atoms with Gasteiger partial charge in [-0.15, -0.1) is 23.2 Å². The summed E-state index contributed by atoms with van der Waals surface area (Å²) >= 11 is 12.1. The van der Waals surface area contributed by atoms with Gasteiger partial charge in [-0.1, -0.05) is 6.07 Å². The maximum Gasteiger partial charge on any atom is 0.233 e. The quantitative estimate of drug-likeness (QED) is 0.828. The Hall–Kier alpha value is -0.970. The summed E-state index contributed by atoms with van der Waals surface area (Å²) in [6.45, 7) is 3.10. The number of carbonyl (C=O) groups excluding carboxylic acids is 1. The molecule has 0 bridgehead atoms. The fourth-order valence-corrected chi connectivity index (χ4v) is 3.25. The van der Waals surface area contributed by atoms with Crippen LogP contribution in [0, 0.1) is 5.41 Å². The van der Waals surface area contributed by atoms with E-state index >= 15 is 0 Å². The minimum Gasteiger partial charge on any atom is -0.491 e. The van der Waals surface area contributed by atoms with Crippen molar-refractivity contribution in [2.24, 2.45) is 5.41 Å². The number of benzene rings is 1. The Labute approximate surface area is 140 Å². The minimum absolute atomic E-state index is 0.164. The monoisotopic (exact) mass is 343 g/mol. The first-order chi connectivity index (χ1) is 10.4. The molecule has 2 unspecified atom stereocenters.